The molecule has 7 heteroatoms. The van der Waals surface area contributed by atoms with Crippen molar-refractivity contribution >= 4 is 10.0 Å². The lowest BCUT2D eigenvalue weighted by Gasteiger charge is -2.14. The zero-order valence-electron chi connectivity index (χ0n) is 11.5. The summed E-state index contributed by atoms with van der Waals surface area (Å²) in [6.07, 6.45) is 3.33. The molecular formula is C12H21N3O3S. The molecule has 108 valence electrons. The minimum Gasteiger partial charge on any atom is -0.360 e. The molecule has 2 rings (SSSR count). The fraction of sp³-hybridized carbons (Fsp3) is 0.750. The minimum atomic E-state index is -3.50. The molecule has 0 saturated carbocycles. The lowest BCUT2D eigenvalue weighted by molar-refractivity contribution is 0.334. The van der Waals surface area contributed by atoms with Crippen LogP contribution in [0, 0.1) is 13.8 Å². The van der Waals surface area contributed by atoms with E-state index in [0.717, 1.165) is 26.1 Å². The first-order valence-corrected chi connectivity index (χ1v) is 8.14. The monoisotopic (exact) mass is 287 g/mol. The maximum absolute atomic E-state index is 12.1. The number of aryl methyl sites for hydroxylation is 2. The summed E-state index contributed by atoms with van der Waals surface area (Å²) in [5, 5.41) is 3.67. The van der Waals surface area contributed by atoms with E-state index >= 15 is 0 Å². The molecule has 0 spiro atoms. The molecule has 1 aliphatic heterocycles. The van der Waals surface area contributed by atoms with Crippen molar-refractivity contribution in [3.05, 3.63) is 11.5 Å². The van der Waals surface area contributed by atoms with Crippen LogP contribution in [0.3, 0.4) is 0 Å². The highest BCUT2D eigenvalue weighted by atomic mass is 32.2. The molecule has 0 aromatic carbocycles. The summed E-state index contributed by atoms with van der Waals surface area (Å²) >= 11 is 0. The molecule has 1 aromatic heterocycles. The van der Waals surface area contributed by atoms with E-state index in [2.05, 4.69) is 14.8 Å². The number of hydrogen-bond acceptors (Lipinski definition) is 5. The van der Waals surface area contributed by atoms with Crippen molar-refractivity contribution in [2.75, 3.05) is 26.2 Å². The van der Waals surface area contributed by atoms with E-state index in [4.69, 9.17) is 4.52 Å². The Hall–Kier alpha value is -0.920. The van der Waals surface area contributed by atoms with E-state index < -0.39 is 10.0 Å². The van der Waals surface area contributed by atoms with Crippen LogP contribution in [0.15, 0.2) is 9.42 Å². The molecule has 0 aliphatic carbocycles. The molecular weight excluding hydrogens is 266 g/mol. The van der Waals surface area contributed by atoms with E-state index in [9.17, 15) is 8.42 Å². The largest absolute Gasteiger partial charge is 0.360 e. The van der Waals surface area contributed by atoms with Gasteiger partial charge in [-0.05, 0) is 52.7 Å². The van der Waals surface area contributed by atoms with Gasteiger partial charge in [0.1, 0.15) is 10.6 Å². The first-order valence-electron chi connectivity index (χ1n) is 6.65. The zero-order chi connectivity index (χ0) is 13.9. The van der Waals surface area contributed by atoms with Crippen molar-refractivity contribution in [3.8, 4) is 0 Å². The van der Waals surface area contributed by atoms with Crippen LogP contribution in [-0.2, 0) is 10.0 Å². The van der Waals surface area contributed by atoms with Crippen LogP contribution in [-0.4, -0.2) is 44.7 Å². The third-order valence-electron chi connectivity index (χ3n) is 3.38. The number of rotatable bonds is 6. The highest BCUT2D eigenvalue weighted by Gasteiger charge is 2.23. The van der Waals surface area contributed by atoms with Crippen molar-refractivity contribution in [1.29, 1.82) is 0 Å². The summed E-state index contributed by atoms with van der Waals surface area (Å²) < 4.78 is 31.7. The average molecular weight is 287 g/mol. The van der Waals surface area contributed by atoms with E-state index in [-0.39, 0.29) is 4.90 Å². The Labute approximate surface area is 114 Å². The van der Waals surface area contributed by atoms with Gasteiger partial charge in [0.25, 0.3) is 0 Å². The smallest absolute Gasteiger partial charge is 0.245 e. The van der Waals surface area contributed by atoms with Crippen molar-refractivity contribution in [1.82, 2.24) is 14.8 Å². The lowest BCUT2D eigenvalue weighted by Crippen LogP contribution is -2.29. The second kappa shape index (κ2) is 6.02. The van der Waals surface area contributed by atoms with E-state index in [1.165, 1.54) is 12.8 Å². The predicted molar refractivity (Wildman–Crippen MR) is 71.5 cm³/mol. The molecule has 1 N–H and O–H groups in total. The van der Waals surface area contributed by atoms with Gasteiger partial charge in [-0.15, -0.1) is 0 Å². The fourth-order valence-corrected chi connectivity index (χ4v) is 3.85. The van der Waals surface area contributed by atoms with Crippen molar-refractivity contribution in [3.63, 3.8) is 0 Å². The van der Waals surface area contributed by atoms with Gasteiger partial charge in [-0.25, -0.2) is 13.1 Å². The fourth-order valence-electron chi connectivity index (χ4n) is 2.45. The second-order valence-electron chi connectivity index (χ2n) is 4.95. The SMILES string of the molecule is Cc1noc(C)c1S(=O)(=O)NCCCN1CCCC1. The van der Waals surface area contributed by atoms with Gasteiger partial charge in [0, 0.05) is 6.54 Å². The van der Waals surface area contributed by atoms with Gasteiger partial charge in [0.2, 0.25) is 10.0 Å². The van der Waals surface area contributed by atoms with Crippen molar-refractivity contribution in [2.45, 2.75) is 38.0 Å². The molecule has 1 aliphatic rings. The van der Waals surface area contributed by atoms with Gasteiger partial charge in [0.05, 0.1) is 0 Å². The van der Waals surface area contributed by atoms with Gasteiger partial charge < -0.3 is 9.42 Å². The van der Waals surface area contributed by atoms with E-state index in [0.29, 0.717) is 18.0 Å². The summed E-state index contributed by atoms with van der Waals surface area (Å²) in [5.74, 6) is 0.338. The average Bonchev–Trinajstić information content (AvgIpc) is 2.95. The van der Waals surface area contributed by atoms with Crippen LogP contribution in [0.25, 0.3) is 0 Å². The summed E-state index contributed by atoms with van der Waals surface area (Å²) in [5.41, 5.74) is 0.407. The second-order valence-corrected chi connectivity index (χ2v) is 6.66. The maximum atomic E-state index is 12.1. The van der Waals surface area contributed by atoms with Crippen LogP contribution in [0.2, 0.25) is 0 Å². The molecule has 1 saturated heterocycles. The lowest BCUT2D eigenvalue weighted by atomic mass is 10.4. The van der Waals surface area contributed by atoms with Crippen LogP contribution in [0.1, 0.15) is 30.7 Å². The number of likely N-dealkylation sites (tertiary alicyclic amines) is 1. The molecule has 1 aromatic rings. The molecule has 6 nitrogen and oxygen atoms in total. The van der Waals surface area contributed by atoms with Crippen LogP contribution in [0.5, 0.6) is 0 Å². The predicted octanol–water partition coefficient (Wildman–Crippen LogP) is 1.06. The van der Waals surface area contributed by atoms with Crippen molar-refractivity contribution in [2.24, 2.45) is 0 Å². The Balaban J connectivity index is 1.84. The van der Waals surface area contributed by atoms with Gasteiger partial charge in [0.15, 0.2) is 5.76 Å². The first-order chi connectivity index (χ1) is 9.00. The highest BCUT2D eigenvalue weighted by molar-refractivity contribution is 7.89. The molecule has 1 fully saturated rings. The Morgan fingerprint density at radius 1 is 1.32 bits per heavy atom. The number of sulfonamides is 1. The third-order valence-corrected chi connectivity index (χ3v) is 5.08. The van der Waals surface area contributed by atoms with Gasteiger partial charge >= 0.3 is 0 Å². The Kier molecular flexibility index (Phi) is 4.59. The van der Waals surface area contributed by atoms with E-state index in [1.807, 2.05) is 0 Å². The number of nitrogens with one attached hydrogen (secondary N) is 1. The van der Waals surface area contributed by atoms with Gasteiger partial charge in [-0.3, -0.25) is 0 Å². The van der Waals surface area contributed by atoms with Crippen molar-refractivity contribution < 1.29 is 12.9 Å². The normalized spacial score (nSPS) is 17.2. The van der Waals surface area contributed by atoms with Gasteiger partial charge in [-0.1, -0.05) is 5.16 Å². The summed E-state index contributed by atoms with van der Waals surface area (Å²) in [6, 6.07) is 0. The molecule has 0 radical (unpaired) electrons. The zero-order valence-corrected chi connectivity index (χ0v) is 12.3. The van der Waals surface area contributed by atoms with Crippen LogP contribution < -0.4 is 4.72 Å². The molecule has 19 heavy (non-hydrogen) atoms. The Morgan fingerprint density at radius 3 is 2.58 bits per heavy atom. The molecule has 0 bridgehead atoms. The first kappa shape index (κ1) is 14.5. The van der Waals surface area contributed by atoms with Crippen LogP contribution in [0.4, 0.5) is 0 Å². The summed E-state index contributed by atoms with van der Waals surface area (Å²) in [7, 11) is -3.50. The highest BCUT2D eigenvalue weighted by Crippen LogP contribution is 2.18. The quantitative estimate of drug-likeness (QED) is 0.792. The summed E-state index contributed by atoms with van der Waals surface area (Å²) in [6.45, 7) is 6.91. The number of hydrogen-bond donors (Lipinski definition) is 1. The standard InChI is InChI=1S/C12H21N3O3S/c1-10-12(11(2)18-14-10)19(16,17)13-6-5-9-15-7-3-4-8-15/h13H,3-9H2,1-2H3. The summed E-state index contributed by atoms with van der Waals surface area (Å²) in [4.78, 5) is 2.54. The Bertz CT molecular complexity index is 499. The van der Waals surface area contributed by atoms with Gasteiger partial charge in [-0.2, -0.15) is 0 Å². The number of nitrogens with zero attached hydrogens (tertiary/aromatic N) is 2. The molecule has 2 heterocycles. The topological polar surface area (TPSA) is 75.4 Å². The van der Waals surface area contributed by atoms with E-state index in [1.54, 1.807) is 13.8 Å². The number of aromatic nitrogens is 1. The molecule has 0 amide bonds. The third kappa shape index (κ3) is 3.55. The molecule has 0 unspecified atom stereocenters. The van der Waals surface area contributed by atoms with Crippen LogP contribution >= 0.6 is 0 Å². The maximum Gasteiger partial charge on any atom is 0.245 e. The minimum absolute atomic E-state index is 0.175. The molecule has 0 atom stereocenters. The Morgan fingerprint density at radius 2 is 2.00 bits per heavy atom.